The first kappa shape index (κ1) is 19.4. The Morgan fingerprint density at radius 3 is 2.78 bits per heavy atom. The maximum absolute atomic E-state index is 11.2. The lowest BCUT2D eigenvalue weighted by molar-refractivity contribution is -0.142. The molecule has 1 aromatic rings. The number of carbonyl (C=O) groups is 1. The van der Waals surface area contributed by atoms with Gasteiger partial charge in [0.25, 0.3) is 0 Å². The van der Waals surface area contributed by atoms with E-state index in [2.05, 4.69) is 43.2 Å². The number of thiocarbonyl (C=S) groups is 1. The summed E-state index contributed by atoms with van der Waals surface area (Å²) in [6.45, 7) is 2.48. The quantitative estimate of drug-likeness (QED) is 0.215. The summed E-state index contributed by atoms with van der Waals surface area (Å²) in [6, 6.07) is 3.59. The van der Waals surface area contributed by atoms with Gasteiger partial charge in [-0.25, -0.2) is 4.79 Å². The number of carbonyl (C=O) groups excluding carboxylic acids is 1. The normalized spacial score (nSPS) is 10.3. The van der Waals surface area contributed by atoms with Crippen molar-refractivity contribution in [3.8, 4) is 11.5 Å². The number of halogens is 1. The number of nitrogens with one attached hydrogen (secondary N) is 2. The van der Waals surface area contributed by atoms with Crippen LogP contribution >= 0.6 is 34.8 Å². The zero-order valence-electron chi connectivity index (χ0n) is 13.0. The molecule has 0 amide bonds. The highest BCUT2D eigenvalue weighted by Crippen LogP contribution is 2.33. The van der Waals surface area contributed by atoms with Gasteiger partial charge in [-0.15, -0.1) is 0 Å². The molecule has 0 unspecified atom stereocenters. The van der Waals surface area contributed by atoms with Gasteiger partial charge in [0.2, 0.25) is 0 Å². The molecule has 0 aliphatic rings. The molecule has 1 aromatic carbocycles. The second-order valence-electron chi connectivity index (χ2n) is 4.13. The number of hydrogen-bond donors (Lipinski definition) is 2. The highest BCUT2D eigenvalue weighted by molar-refractivity contribution is 14.1. The monoisotopic (exact) mass is 451 g/mol. The van der Waals surface area contributed by atoms with Crippen molar-refractivity contribution < 1.29 is 19.0 Å². The van der Waals surface area contributed by atoms with E-state index >= 15 is 0 Å². The third kappa shape index (κ3) is 6.57. The van der Waals surface area contributed by atoms with Gasteiger partial charge in [0.15, 0.2) is 23.2 Å². The van der Waals surface area contributed by atoms with E-state index in [1.54, 1.807) is 12.3 Å². The van der Waals surface area contributed by atoms with Crippen LogP contribution < -0.4 is 20.2 Å². The lowest BCUT2D eigenvalue weighted by Crippen LogP contribution is -2.31. The first-order valence-electron chi connectivity index (χ1n) is 6.65. The minimum atomic E-state index is -0.463. The number of benzene rings is 1. The fraction of sp³-hybridized carbons (Fsp3) is 0.357. The smallest absolute Gasteiger partial charge is 0.343 e. The van der Waals surface area contributed by atoms with Crippen molar-refractivity contribution in [3.63, 3.8) is 0 Å². The fourth-order valence-electron chi connectivity index (χ4n) is 1.51. The van der Waals surface area contributed by atoms with Crippen LogP contribution in [0.5, 0.6) is 11.5 Å². The van der Waals surface area contributed by atoms with Crippen LogP contribution in [0, 0.1) is 3.57 Å². The lowest BCUT2D eigenvalue weighted by Gasteiger charge is -2.12. The van der Waals surface area contributed by atoms with Gasteiger partial charge in [0.1, 0.15) is 0 Å². The Labute approximate surface area is 153 Å². The van der Waals surface area contributed by atoms with E-state index in [4.69, 9.17) is 21.7 Å². The summed E-state index contributed by atoms with van der Waals surface area (Å²) in [7, 11) is 2.83. The second-order valence-corrected chi connectivity index (χ2v) is 5.70. The van der Waals surface area contributed by atoms with Crippen molar-refractivity contribution in [2.75, 3.05) is 27.4 Å². The van der Waals surface area contributed by atoms with Gasteiger partial charge in [0, 0.05) is 6.54 Å². The molecule has 0 radical (unpaired) electrons. The topological polar surface area (TPSA) is 81.2 Å². The van der Waals surface area contributed by atoms with Crippen molar-refractivity contribution in [1.29, 1.82) is 0 Å². The number of esters is 1. The Balaban J connectivity index is 2.84. The molecule has 0 saturated carbocycles. The summed E-state index contributed by atoms with van der Waals surface area (Å²) in [6.07, 6.45) is 1.61. The minimum Gasteiger partial charge on any atom is -0.493 e. The van der Waals surface area contributed by atoms with E-state index in [9.17, 15) is 4.79 Å². The van der Waals surface area contributed by atoms with Gasteiger partial charge in [-0.3, -0.25) is 5.43 Å². The molecule has 7 nitrogen and oxygen atoms in total. The Bertz CT molecular complexity index is 596. The summed E-state index contributed by atoms with van der Waals surface area (Å²) in [5.74, 6) is 0.512. The van der Waals surface area contributed by atoms with Gasteiger partial charge >= 0.3 is 5.97 Å². The van der Waals surface area contributed by atoms with Gasteiger partial charge in [-0.2, -0.15) is 5.10 Å². The number of rotatable bonds is 7. The van der Waals surface area contributed by atoms with Gasteiger partial charge in [-0.05, 0) is 59.4 Å². The highest BCUT2D eigenvalue weighted by Gasteiger charge is 2.13. The molecule has 2 N–H and O–H groups in total. The highest BCUT2D eigenvalue weighted by atomic mass is 127. The van der Waals surface area contributed by atoms with Crippen molar-refractivity contribution >= 4 is 52.1 Å². The van der Waals surface area contributed by atoms with Crippen LogP contribution in [0.1, 0.15) is 12.5 Å². The van der Waals surface area contributed by atoms with Crippen LogP contribution in [-0.2, 0) is 9.53 Å². The van der Waals surface area contributed by atoms with Crippen molar-refractivity contribution in [3.05, 3.63) is 21.3 Å². The average Bonchev–Trinajstić information content (AvgIpc) is 2.53. The number of methoxy groups -OCH3 is 2. The molecule has 0 aliphatic carbocycles. The van der Waals surface area contributed by atoms with E-state index in [-0.39, 0.29) is 6.61 Å². The summed E-state index contributed by atoms with van der Waals surface area (Å²) in [5, 5.41) is 7.41. The molecular weight excluding hydrogens is 433 g/mol. The molecule has 9 heteroatoms. The van der Waals surface area contributed by atoms with Crippen LogP contribution in [0.2, 0.25) is 0 Å². The van der Waals surface area contributed by atoms with Crippen LogP contribution in [0.25, 0.3) is 0 Å². The van der Waals surface area contributed by atoms with Gasteiger partial charge < -0.3 is 19.5 Å². The van der Waals surface area contributed by atoms with E-state index in [1.165, 1.54) is 14.2 Å². The lowest BCUT2D eigenvalue weighted by atomic mass is 10.2. The Hall–Kier alpha value is -1.62. The summed E-state index contributed by atoms with van der Waals surface area (Å²) >= 11 is 7.10. The molecule has 0 spiro atoms. The zero-order chi connectivity index (χ0) is 17.2. The Kier molecular flexibility index (Phi) is 8.62. The molecule has 0 atom stereocenters. The van der Waals surface area contributed by atoms with E-state index in [1.807, 2.05) is 13.0 Å². The molecule has 0 heterocycles. The maximum atomic E-state index is 11.2. The van der Waals surface area contributed by atoms with Gasteiger partial charge in [-0.1, -0.05) is 0 Å². The zero-order valence-corrected chi connectivity index (χ0v) is 16.0. The first-order chi connectivity index (χ1) is 11.0. The predicted octanol–water partition coefficient (Wildman–Crippen LogP) is 1.67. The standard InChI is InChI=1S/C14H18IN3O4S/c1-4-16-14(23)18-17-7-9-5-10(15)13(11(6-9)20-2)22-8-12(19)21-3/h5-7H,4,8H2,1-3H3,(H2,16,18,23)/b17-7-. The van der Waals surface area contributed by atoms with Crippen LogP contribution in [0.3, 0.4) is 0 Å². The molecule has 23 heavy (non-hydrogen) atoms. The SMILES string of the molecule is CCNC(=S)N/N=C\c1cc(I)c(OCC(=O)OC)c(OC)c1. The van der Waals surface area contributed by atoms with Crippen molar-refractivity contribution in [2.45, 2.75) is 6.92 Å². The van der Waals surface area contributed by atoms with Crippen LogP contribution in [-0.4, -0.2) is 44.7 Å². The van der Waals surface area contributed by atoms with Crippen molar-refractivity contribution in [1.82, 2.24) is 10.7 Å². The maximum Gasteiger partial charge on any atom is 0.343 e. The first-order valence-corrected chi connectivity index (χ1v) is 8.14. The van der Waals surface area contributed by atoms with Crippen LogP contribution in [0.15, 0.2) is 17.2 Å². The van der Waals surface area contributed by atoms with Gasteiger partial charge in [0.05, 0.1) is 24.0 Å². The largest absolute Gasteiger partial charge is 0.493 e. The second kappa shape index (κ2) is 10.2. The Morgan fingerprint density at radius 1 is 1.43 bits per heavy atom. The summed E-state index contributed by atoms with van der Waals surface area (Å²) < 4.78 is 16.1. The molecule has 0 aromatic heterocycles. The van der Waals surface area contributed by atoms with E-state index in [0.29, 0.717) is 16.6 Å². The third-order valence-corrected chi connectivity index (χ3v) is 3.57. The number of hydrazone groups is 1. The average molecular weight is 451 g/mol. The molecule has 0 bridgehead atoms. The molecule has 126 valence electrons. The molecular formula is C14H18IN3O4S. The molecule has 0 aliphatic heterocycles. The minimum absolute atomic E-state index is 0.186. The van der Waals surface area contributed by atoms with E-state index in [0.717, 1.165) is 15.7 Å². The third-order valence-electron chi connectivity index (χ3n) is 2.53. The summed E-state index contributed by atoms with van der Waals surface area (Å²) in [5.41, 5.74) is 3.50. The van der Waals surface area contributed by atoms with E-state index < -0.39 is 5.97 Å². The molecule has 0 fully saturated rings. The number of hydrogen-bond acceptors (Lipinski definition) is 6. The summed E-state index contributed by atoms with van der Waals surface area (Å²) in [4.78, 5) is 11.2. The fourth-order valence-corrected chi connectivity index (χ4v) is 2.49. The predicted molar refractivity (Wildman–Crippen MR) is 100 cm³/mol. The Morgan fingerprint density at radius 2 is 2.17 bits per heavy atom. The molecule has 1 rings (SSSR count). The number of nitrogens with zero attached hydrogens (tertiary/aromatic N) is 1. The van der Waals surface area contributed by atoms with Crippen molar-refractivity contribution in [2.24, 2.45) is 5.10 Å². The van der Waals surface area contributed by atoms with Crippen LogP contribution in [0.4, 0.5) is 0 Å². The molecule has 0 saturated heterocycles. The number of ether oxygens (including phenoxy) is 3.